The fraction of sp³-hybridized carbons (Fsp3) is 0.680. The lowest BCUT2D eigenvalue weighted by atomic mass is 9.83. The predicted molar refractivity (Wildman–Crippen MR) is 136 cm³/mol. The highest BCUT2D eigenvalue weighted by Crippen LogP contribution is 2.41. The van der Waals surface area contributed by atoms with Crippen molar-refractivity contribution in [1.29, 1.82) is 0 Å². The van der Waals surface area contributed by atoms with Crippen molar-refractivity contribution in [2.45, 2.75) is 51.0 Å². The van der Waals surface area contributed by atoms with E-state index < -0.39 is 28.0 Å². The van der Waals surface area contributed by atoms with Crippen LogP contribution in [0.2, 0.25) is 0 Å². The maximum atomic E-state index is 13.3. The van der Waals surface area contributed by atoms with Gasteiger partial charge in [-0.25, -0.2) is 13.1 Å². The number of benzene rings is 1. The number of fused-ring (bicyclic) bond motifs is 1. The number of carbonyl (C=O) groups is 2. The molecule has 2 aliphatic rings. The number of rotatable bonds is 14. The summed E-state index contributed by atoms with van der Waals surface area (Å²) in [4.78, 5) is 29.5. The molecule has 0 aliphatic carbocycles. The number of hydrogen-bond donors (Lipinski definition) is 3. The van der Waals surface area contributed by atoms with E-state index in [9.17, 15) is 28.2 Å². The number of aliphatic hydroxyl groups is 1. The molecule has 0 spiro atoms. The second kappa shape index (κ2) is 12.8. The number of unbranched alkanes of at least 4 members (excludes halogenated alkanes) is 1. The van der Waals surface area contributed by atoms with Crippen LogP contribution in [0.4, 0.5) is 0 Å². The summed E-state index contributed by atoms with van der Waals surface area (Å²) in [7, 11) is -3.43. The normalized spacial score (nSPS) is 21.8. The molecule has 0 saturated carbocycles. The lowest BCUT2D eigenvalue weighted by molar-refractivity contribution is -0.143. The van der Waals surface area contributed by atoms with Crippen LogP contribution >= 0.6 is 0 Å². The number of aliphatic carboxylic acids is 1. The molecule has 1 saturated heterocycles. The minimum absolute atomic E-state index is 0.00931. The maximum Gasteiger partial charge on any atom is 0.308 e. The van der Waals surface area contributed by atoms with E-state index in [0.717, 1.165) is 42.4 Å². The van der Waals surface area contributed by atoms with Crippen LogP contribution in [0, 0.1) is 5.92 Å². The Hall–Kier alpha value is -2.21. The minimum Gasteiger partial charge on any atom is -0.493 e. The molecule has 2 aliphatic heterocycles. The number of sulfonamides is 1. The Kier molecular flexibility index (Phi) is 10.1. The molecular formula is C25H39N3O7S. The predicted octanol–water partition coefficient (Wildman–Crippen LogP) is 1.04. The lowest BCUT2D eigenvalue weighted by Crippen LogP contribution is -2.45. The lowest BCUT2D eigenvalue weighted by Gasteiger charge is -2.29. The third-order valence-corrected chi connectivity index (χ3v) is 7.77. The smallest absolute Gasteiger partial charge is 0.308 e. The summed E-state index contributed by atoms with van der Waals surface area (Å²) < 4.78 is 31.3. The van der Waals surface area contributed by atoms with E-state index in [2.05, 4.69) is 4.72 Å². The highest BCUT2D eigenvalue weighted by atomic mass is 32.2. The van der Waals surface area contributed by atoms with Gasteiger partial charge in [-0.05, 0) is 36.5 Å². The van der Waals surface area contributed by atoms with Crippen LogP contribution < -0.4 is 9.46 Å². The number of nitrogens with zero attached hydrogens (tertiary/aromatic N) is 2. The van der Waals surface area contributed by atoms with Gasteiger partial charge >= 0.3 is 5.97 Å². The Labute approximate surface area is 213 Å². The zero-order valence-electron chi connectivity index (χ0n) is 21.2. The van der Waals surface area contributed by atoms with Crippen molar-refractivity contribution >= 4 is 21.9 Å². The topological polar surface area (TPSA) is 136 Å². The van der Waals surface area contributed by atoms with Gasteiger partial charge < -0.3 is 19.8 Å². The number of nitrogens with one attached hydrogen (secondary N) is 1. The number of carboxylic acid groups (broad SMARTS) is 1. The molecule has 3 unspecified atom stereocenters. The Morgan fingerprint density at radius 1 is 1.25 bits per heavy atom. The summed E-state index contributed by atoms with van der Waals surface area (Å²) in [6.45, 7) is 4.19. The van der Waals surface area contributed by atoms with Gasteiger partial charge in [-0.15, -0.1) is 0 Å². The molecule has 10 nitrogen and oxygen atoms in total. The average Bonchev–Trinajstić information content (AvgIpc) is 3.42. The second-order valence-electron chi connectivity index (χ2n) is 9.70. The Morgan fingerprint density at radius 3 is 2.67 bits per heavy atom. The minimum atomic E-state index is -3.43. The summed E-state index contributed by atoms with van der Waals surface area (Å²) in [5.41, 5.74) is 1.95. The van der Waals surface area contributed by atoms with E-state index in [4.69, 9.17) is 4.74 Å². The van der Waals surface area contributed by atoms with Crippen molar-refractivity contribution in [3.8, 4) is 5.75 Å². The summed E-state index contributed by atoms with van der Waals surface area (Å²) in [5.74, 6) is -1.38. The third-order valence-electron chi connectivity index (χ3n) is 7.04. The van der Waals surface area contributed by atoms with Gasteiger partial charge in [-0.1, -0.05) is 25.5 Å². The Balaban J connectivity index is 1.85. The van der Waals surface area contributed by atoms with Crippen molar-refractivity contribution in [3.05, 3.63) is 29.3 Å². The van der Waals surface area contributed by atoms with Gasteiger partial charge in [0.2, 0.25) is 15.9 Å². The average molecular weight is 526 g/mol. The van der Waals surface area contributed by atoms with E-state index in [0.29, 0.717) is 32.7 Å². The molecule has 1 aromatic carbocycles. The van der Waals surface area contributed by atoms with Gasteiger partial charge in [-0.3, -0.25) is 14.5 Å². The van der Waals surface area contributed by atoms with Crippen LogP contribution in [0.1, 0.15) is 49.7 Å². The third kappa shape index (κ3) is 7.41. The summed E-state index contributed by atoms with van der Waals surface area (Å²) in [6.07, 6.45) is 4.37. The first-order chi connectivity index (χ1) is 17.1. The van der Waals surface area contributed by atoms with E-state index >= 15 is 0 Å². The molecular weight excluding hydrogens is 486 g/mol. The highest BCUT2D eigenvalue weighted by molar-refractivity contribution is 7.88. The van der Waals surface area contributed by atoms with E-state index in [1.807, 2.05) is 30.0 Å². The number of amides is 1. The van der Waals surface area contributed by atoms with Crippen LogP contribution in [0.15, 0.2) is 18.2 Å². The number of carbonyl (C=O) groups excluding carboxylic acids is 1. The molecule has 0 radical (unpaired) electrons. The molecule has 0 aromatic heterocycles. The largest absolute Gasteiger partial charge is 0.493 e. The molecule has 202 valence electrons. The Morgan fingerprint density at radius 2 is 2.00 bits per heavy atom. The first-order valence-corrected chi connectivity index (χ1v) is 14.6. The molecule has 36 heavy (non-hydrogen) atoms. The Bertz CT molecular complexity index is 1010. The van der Waals surface area contributed by atoms with Crippen LogP contribution in [-0.2, 0) is 26.0 Å². The van der Waals surface area contributed by atoms with Crippen molar-refractivity contribution in [2.75, 3.05) is 52.2 Å². The quantitative estimate of drug-likeness (QED) is 0.328. The zero-order valence-corrected chi connectivity index (χ0v) is 22.0. The van der Waals surface area contributed by atoms with E-state index in [1.54, 1.807) is 4.90 Å². The molecule has 1 aromatic rings. The molecule has 2 heterocycles. The van der Waals surface area contributed by atoms with Gasteiger partial charge in [0.25, 0.3) is 0 Å². The molecule has 3 atom stereocenters. The molecule has 1 amide bonds. The van der Waals surface area contributed by atoms with E-state index in [1.165, 1.54) is 0 Å². The fourth-order valence-electron chi connectivity index (χ4n) is 5.27. The number of hydrogen-bond acceptors (Lipinski definition) is 7. The van der Waals surface area contributed by atoms with Crippen molar-refractivity contribution < 1.29 is 33.0 Å². The van der Waals surface area contributed by atoms with Crippen molar-refractivity contribution in [1.82, 2.24) is 14.5 Å². The SMILES string of the molecule is CCCCN(CCCO)C(=O)CN1CC(c2ccc3c(c2)CCO3)C(C(=O)O)C1CCNS(C)(=O)=O. The van der Waals surface area contributed by atoms with Gasteiger partial charge in [0.15, 0.2) is 0 Å². The highest BCUT2D eigenvalue weighted by Gasteiger charge is 2.47. The van der Waals surface area contributed by atoms with E-state index in [-0.39, 0.29) is 37.9 Å². The number of likely N-dealkylation sites (tertiary alicyclic amines) is 1. The van der Waals surface area contributed by atoms with Crippen LogP contribution in [0.25, 0.3) is 0 Å². The van der Waals surface area contributed by atoms with Gasteiger partial charge in [0.1, 0.15) is 5.75 Å². The number of aliphatic hydroxyl groups excluding tert-OH is 1. The van der Waals surface area contributed by atoms with Gasteiger partial charge in [0, 0.05) is 51.2 Å². The van der Waals surface area contributed by atoms with Crippen LogP contribution in [0.3, 0.4) is 0 Å². The van der Waals surface area contributed by atoms with Gasteiger partial charge in [0.05, 0.1) is 25.3 Å². The monoisotopic (exact) mass is 525 g/mol. The first kappa shape index (κ1) is 28.4. The first-order valence-electron chi connectivity index (χ1n) is 12.7. The zero-order chi connectivity index (χ0) is 26.3. The standard InChI is InChI=1S/C25H39N3O7S/c1-3-4-11-27(12-5-13-29)23(30)17-28-16-20(18-6-7-22-19(15-18)9-14-35-22)24(25(31)32)21(28)8-10-26-36(2,33)34/h6-7,15,20-21,24,26,29H,3-5,8-14,16-17H2,1-2H3,(H,31,32). The number of ether oxygens (including phenoxy) is 1. The summed E-state index contributed by atoms with van der Waals surface area (Å²) in [5, 5.41) is 19.5. The second-order valence-corrected chi connectivity index (χ2v) is 11.5. The van der Waals surface area contributed by atoms with Crippen LogP contribution in [0.5, 0.6) is 5.75 Å². The summed E-state index contributed by atoms with van der Waals surface area (Å²) in [6, 6.07) is 5.28. The molecule has 0 bridgehead atoms. The molecule has 1 fully saturated rings. The van der Waals surface area contributed by atoms with Gasteiger partial charge in [-0.2, -0.15) is 0 Å². The number of carboxylic acids is 1. The summed E-state index contributed by atoms with van der Waals surface area (Å²) >= 11 is 0. The van der Waals surface area contributed by atoms with Crippen molar-refractivity contribution in [2.24, 2.45) is 5.92 Å². The molecule has 3 N–H and O–H groups in total. The van der Waals surface area contributed by atoms with Crippen molar-refractivity contribution in [3.63, 3.8) is 0 Å². The molecule has 3 rings (SSSR count). The fourth-order valence-corrected chi connectivity index (χ4v) is 5.75. The maximum absolute atomic E-state index is 13.3. The molecule has 11 heteroatoms. The van der Waals surface area contributed by atoms with Crippen LogP contribution in [-0.4, -0.2) is 98.5 Å².